The SMILES string of the molecule is C1CCOC1.C1CCOC1.CC(C)c1cccc(C(C)C)c1[N-]/C=C\[N-]c1c(C(C)C)cccc1C(C)C.[CH2-][Si](C)(C)C.[Y+3]. The molecule has 4 rings (SSSR count). The van der Waals surface area contributed by atoms with Crippen molar-refractivity contribution in [3.05, 3.63) is 88.2 Å². The van der Waals surface area contributed by atoms with Crippen molar-refractivity contribution in [1.82, 2.24) is 0 Å². The van der Waals surface area contributed by atoms with Gasteiger partial charge in [0.25, 0.3) is 0 Å². The van der Waals surface area contributed by atoms with Crippen LogP contribution in [0, 0.1) is 6.55 Å². The Bertz CT molecular complexity index is 902. The van der Waals surface area contributed by atoms with E-state index in [-0.39, 0.29) is 32.7 Å². The van der Waals surface area contributed by atoms with E-state index in [2.05, 4.69) is 118 Å². The summed E-state index contributed by atoms with van der Waals surface area (Å²) in [5.41, 5.74) is 7.37. The normalized spacial score (nSPS) is 14.5. The van der Waals surface area contributed by atoms with Crippen molar-refractivity contribution in [2.24, 2.45) is 0 Å². The molecule has 2 aromatic carbocycles. The predicted octanol–water partition coefficient (Wildman–Crippen LogP) is 12.7. The van der Waals surface area contributed by atoms with Gasteiger partial charge >= 0.3 is 32.7 Å². The zero-order valence-corrected chi connectivity index (χ0v) is 33.9. The molecule has 0 amide bonds. The van der Waals surface area contributed by atoms with Crippen LogP contribution in [0.1, 0.15) is 127 Å². The molecule has 0 aliphatic carbocycles. The largest absolute Gasteiger partial charge is 3.00 e. The summed E-state index contributed by atoms with van der Waals surface area (Å²) in [5.74, 6) is 1.77. The van der Waals surface area contributed by atoms with Gasteiger partial charge in [0.2, 0.25) is 0 Å². The van der Waals surface area contributed by atoms with Crippen molar-refractivity contribution in [2.45, 2.75) is 124 Å². The molecule has 0 radical (unpaired) electrons. The fourth-order valence-electron chi connectivity index (χ4n) is 4.56. The van der Waals surface area contributed by atoms with Gasteiger partial charge in [-0.3, -0.25) is 0 Å². The first kappa shape index (κ1) is 43.0. The molecule has 0 saturated carbocycles. The van der Waals surface area contributed by atoms with Crippen molar-refractivity contribution < 1.29 is 42.2 Å². The van der Waals surface area contributed by atoms with Crippen LogP contribution in [0.4, 0.5) is 11.4 Å². The Morgan fingerprint density at radius 2 is 0.795 bits per heavy atom. The van der Waals surface area contributed by atoms with Crippen LogP contribution < -0.4 is 0 Å². The van der Waals surface area contributed by atoms with E-state index < -0.39 is 8.07 Å². The van der Waals surface area contributed by atoms with Crippen LogP contribution in [0.25, 0.3) is 10.6 Å². The number of benzene rings is 2. The maximum absolute atomic E-state index is 4.94. The van der Waals surface area contributed by atoms with E-state index in [0.717, 1.165) is 37.8 Å². The van der Waals surface area contributed by atoms with Gasteiger partial charge in [-0.2, -0.15) is 12.4 Å². The van der Waals surface area contributed by atoms with Crippen LogP contribution in [-0.2, 0) is 42.2 Å². The van der Waals surface area contributed by atoms with Crippen molar-refractivity contribution in [3.63, 3.8) is 0 Å². The van der Waals surface area contributed by atoms with E-state index in [1.165, 1.54) is 47.9 Å². The molecule has 0 unspecified atom stereocenters. The molecule has 6 heteroatoms. The summed E-state index contributed by atoms with van der Waals surface area (Å²) < 4.78 is 9.89. The van der Waals surface area contributed by atoms with Gasteiger partial charge in [0, 0.05) is 26.4 Å². The molecule has 2 aliphatic heterocycles. The molecule has 0 bridgehead atoms. The van der Waals surface area contributed by atoms with Crippen LogP contribution in [0.3, 0.4) is 0 Å². The number of nitrogens with zero attached hydrogens (tertiary/aromatic N) is 2. The first-order valence-electron chi connectivity index (χ1n) is 16.6. The van der Waals surface area contributed by atoms with Gasteiger partial charge in [-0.25, -0.2) is 0 Å². The van der Waals surface area contributed by atoms with Gasteiger partial charge < -0.3 is 26.7 Å². The molecule has 0 aromatic heterocycles. The molecule has 0 N–H and O–H groups in total. The van der Waals surface area contributed by atoms with Crippen LogP contribution in [-0.4, -0.2) is 34.5 Å². The second-order valence-corrected chi connectivity index (χ2v) is 19.1. The quantitative estimate of drug-likeness (QED) is 0.204. The predicted molar refractivity (Wildman–Crippen MR) is 193 cm³/mol. The third-order valence-corrected chi connectivity index (χ3v) is 6.81. The Morgan fingerprint density at radius 3 is 0.955 bits per heavy atom. The summed E-state index contributed by atoms with van der Waals surface area (Å²) >= 11 is 0. The van der Waals surface area contributed by atoms with Crippen LogP contribution in [0.2, 0.25) is 19.6 Å². The molecule has 0 spiro atoms. The minimum absolute atomic E-state index is 0. The van der Waals surface area contributed by atoms with Crippen molar-refractivity contribution in [3.8, 4) is 0 Å². The molecule has 4 nitrogen and oxygen atoms in total. The summed E-state index contributed by atoms with van der Waals surface area (Å²) in [6, 6.07) is 13.0. The van der Waals surface area contributed by atoms with E-state index in [1.54, 1.807) is 0 Å². The summed E-state index contributed by atoms with van der Waals surface area (Å²) in [4.78, 5) is 0. The Kier molecular flexibility index (Phi) is 22.8. The molecule has 44 heavy (non-hydrogen) atoms. The molecule has 244 valence electrons. The van der Waals surface area contributed by atoms with Crippen LogP contribution >= 0.6 is 0 Å². The van der Waals surface area contributed by atoms with E-state index in [9.17, 15) is 0 Å². The fourth-order valence-corrected chi connectivity index (χ4v) is 4.56. The molecule has 2 fully saturated rings. The smallest absolute Gasteiger partial charge is 0.665 e. The minimum atomic E-state index is -0.861. The first-order valence-corrected chi connectivity index (χ1v) is 20.3. The summed E-state index contributed by atoms with van der Waals surface area (Å²) in [6.45, 7) is 32.3. The van der Waals surface area contributed by atoms with E-state index >= 15 is 0 Å². The van der Waals surface area contributed by atoms with Gasteiger partial charge in [0.05, 0.1) is 0 Å². The summed E-state index contributed by atoms with van der Waals surface area (Å²) in [5, 5.41) is 9.68. The van der Waals surface area contributed by atoms with Crippen LogP contribution in [0.15, 0.2) is 48.8 Å². The van der Waals surface area contributed by atoms with Gasteiger partial charge in [-0.1, -0.05) is 134 Å². The number of hydrogen-bond donors (Lipinski definition) is 0. The average molecular weight is 697 g/mol. The maximum Gasteiger partial charge on any atom is 3.00 e. The Hall–Kier alpha value is -0.979. The zero-order chi connectivity index (χ0) is 32.4. The first-order chi connectivity index (χ1) is 20.2. The molecule has 2 aliphatic rings. The van der Waals surface area contributed by atoms with E-state index in [4.69, 9.17) is 20.1 Å². The standard InChI is InChI=1S/C26H36N2.2C4H8O.C4H11Si.Y/c1-17(2)21-11-9-12-22(18(3)4)25(21)27-15-16-28-26-23(19(5)6)13-10-14-24(26)20(7)8;2*1-2-4-5-3-1;1-5(2,3)4;/h9-20H,1-8H3;2*1-4H2;1H2,2-4H3;/q-2;;;-1;+3/b16-15-;;;;. The molecule has 2 heterocycles. The number of ether oxygens (including phenoxy) is 2. The number of hydrogen-bond acceptors (Lipinski definition) is 2. The fraction of sp³-hybridized carbons (Fsp3) is 0.605. The van der Waals surface area contributed by atoms with E-state index in [0.29, 0.717) is 23.7 Å². The maximum atomic E-state index is 4.94. The monoisotopic (exact) mass is 696 g/mol. The molecular formula is C38H63N2O2SiY. The molecular weight excluding hydrogens is 633 g/mol. The second kappa shape index (κ2) is 23.4. The minimum Gasteiger partial charge on any atom is -0.665 e. The third kappa shape index (κ3) is 18.2. The van der Waals surface area contributed by atoms with Gasteiger partial charge in [0.15, 0.2) is 0 Å². The summed E-state index contributed by atoms with van der Waals surface area (Å²) in [6.07, 6.45) is 8.82. The Morgan fingerprint density at radius 1 is 0.568 bits per heavy atom. The molecule has 2 aromatic rings. The number of rotatable bonds is 8. The Balaban J connectivity index is 0.000000934. The molecule has 0 atom stereocenters. The van der Waals surface area contributed by atoms with Crippen molar-refractivity contribution in [2.75, 3.05) is 26.4 Å². The van der Waals surface area contributed by atoms with Gasteiger partial charge in [-0.15, -0.1) is 19.4 Å². The summed E-state index contributed by atoms with van der Waals surface area (Å²) in [7, 11) is -0.861. The van der Waals surface area contributed by atoms with Gasteiger partial charge in [-0.05, 0) is 49.4 Å². The average Bonchev–Trinajstić information content (AvgIpc) is 3.69. The molecule has 2 saturated heterocycles. The Labute approximate surface area is 298 Å². The topological polar surface area (TPSA) is 46.7 Å². The van der Waals surface area contributed by atoms with Crippen molar-refractivity contribution in [1.29, 1.82) is 0 Å². The zero-order valence-electron chi connectivity index (χ0n) is 30.1. The van der Waals surface area contributed by atoms with Crippen LogP contribution in [0.5, 0.6) is 0 Å². The van der Waals surface area contributed by atoms with E-state index in [1.807, 2.05) is 12.4 Å². The second-order valence-electron chi connectivity index (χ2n) is 13.9. The third-order valence-electron chi connectivity index (χ3n) is 6.81. The van der Waals surface area contributed by atoms with Crippen molar-refractivity contribution >= 4 is 19.4 Å². The number of para-hydroxylation sites is 2. The van der Waals surface area contributed by atoms with Gasteiger partial charge in [0.1, 0.15) is 0 Å².